The van der Waals surface area contributed by atoms with Gasteiger partial charge >= 0.3 is 0 Å². The Morgan fingerprint density at radius 2 is 1.70 bits per heavy atom. The molecule has 1 atom stereocenters. The maximum absolute atomic E-state index is 12.3. The SMILES string of the molecule is CC(CN)N(C)S(=O)(=O)c1cccc(S(C)(=O)=O)c1.Cl. The van der Waals surface area contributed by atoms with Crippen LogP contribution >= 0.6 is 12.4 Å². The van der Waals surface area contributed by atoms with Gasteiger partial charge in [-0.3, -0.25) is 0 Å². The molecule has 6 nitrogen and oxygen atoms in total. The van der Waals surface area contributed by atoms with Crippen molar-refractivity contribution < 1.29 is 16.8 Å². The van der Waals surface area contributed by atoms with Crippen molar-refractivity contribution in [3.8, 4) is 0 Å². The topological polar surface area (TPSA) is 97.5 Å². The molecule has 1 aromatic rings. The number of nitrogens with zero attached hydrogens (tertiary/aromatic N) is 1. The molecule has 0 saturated heterocycles. The molecule has 0 aromatic heterocycles. The Bertz CT molecular complexity index is 659. The zero-order chi connectivity index (χ0) is 14.8. The van der Waals surface area contributed by atoms with Crippen LogP contribution in [0.25, 0.3) is 0 Å². The average Bonchev–Trinajstić information content (AvgIpc) is 2.36. The van der Waals surface area contributed by atoms with Crippen molar-refractivity contribution in [1.82, 2.24) is 4.31 Å². The number of sulfone groups is 1. The highest BCUT2D eigenvalue weighted by molar-refractivity contribution is 7.91. The minimum atomic E-state index is -3.74. The van der Waals surface area contributed by atoms with Gasteiger partial charge in [-0.05, 0) is 25.1 Å². The highest BCUT2D eigenvalue weighted by atomic mass is 35.5. The number of rotatable bonds is 5. The van der Waals surface area contributed by atoms with E-state index >= 15 is 0 Å². The van der Waals surface area contributed by atoms with Crippen LogP contribution in [0.4, 0.5) is 0 Å². The van der Waals surface area contributed by atoms with Gasteiger partial charge in [0, 0.05) is 25.9 Å². The van der Waals surface area contributed by atoms with Gasteiger partial charge in [-0.15, -0.1) is 12.4 Å². The number of halogens is 1. The summed E-state index contributed by atoms with van der Waals surface area (Å²) < 4.78 is 48.6. The molecule has 0 saturated carbocycles. The fraction of sp³-hybridized carbons (Fsp3) is 0.455. The van der Waals surface area contributed by atoms with Gasteiger partial charge < -0.3 is 5.73 Å². The number of likely N-dealkylation sites (N-methyl/N-ethyl adjacent to an activating group) is 1. The van der Waals surface area contributed by atoms with E-state index in [9.17, 15) is 16.8 Å². The Balaban J connectivity index is 0.00000361. The minimum Gasteiger partial charge on any atom is -0.329 e. The fourth-order valence-corrected chi connectivity index (χ4v) is 3.58. The van der Waals surface area contributed by atoms with Crippen LogP contribution in [0.1, 0.15) is 6.92 Å². The van der Waals surface area contributed by atoms with Crippen molar-refractivity contribution in [2.75, 3.05) is 19.8 Å². The summed E-state index contributed by atoms with van der Waals surface area (Å²) in [5, 5.41) is 0. The van der Waals surface area contributed by atoms with E-state index in [1.165, 1.54) is 25.2 Å². The summed E-state index contributed by atoms with van der Waals surface area (Å²) in [5.41, 5.74) is 5.44. The Labute approximate surface area is 126 Å². The highest BCUT2D eigenvalue weighted by Crippen LogP contribution is 2.19. The molecule has 0 aliphatic rings. The van der Waals surface area contributed by atoms with E-state index in [0.29, 0.717) is 0 Å². The first-order valence-electron chi connectivity index (χ1n) is 5.59. The molecule has 116 valence electrons. The van der Waals surface area contributed by atoms with Gasteiger partial charge in [0.15, 0.2) is 9.84 Å². The molecule has 20 heavy (non-hydrogen) atoms. The van der Waals surface area contributed by atoms with Crippen molar-refractivity contribution >= 4 is 32.3 Å². The lowest BCUT2D eigenvalue weighted by Gasteiger charge is -2.23. The van der Waals surface area contributed by atoms with Crippen molar-refractivity contribution in [3.63, 3.8) is 0 Å². The normalized spacial score (nSPS) is 13.8. The molecule has 0 aliphatic carbocycles. The molecule has 9 heteroatoms. The van der Waals surface area contributed by atoms with Crippen LogP contribution in [0.3, 0.4) is 0 Å². The summed E-state index contributed by atoms with van der Waals surface area (Å²) in [7, 11) is -5.77. The second-order valence-corrected chi connectivity index (χ2v) is 8.37. The Kier molecular flexibility index (Phi) is 6.63. The molecule has 0 amide bonds. The second-order valence-electron chi connectivity index (χ2n) is 4.35. The summed E-state index contributed by atoms with van der Waals surface area (Å²) in [4.78, 5) is -0.0828. The fourth-order valence-electron chi connectivity index (χ4n) is 1.42. The summed E-state index contributed by atoms with van der Waals surface area (Å²) in [6.45, 7) is 1.86. The van der Waals surface area contributed by atoms with Crippen LogP contribution in [-0.4, -0.2) is 47.0 Å². The molecule has 0 bridgehead atoms. The minimum absolute atomic E-state index is 0. The van der Waals surface area contributed by atoms with Crippen LogP contribution in [0.2, 0.25) is 0 Å². The number of sulfonamides is 1. The van der Waals surface area contributed by atoms with Crippen LogP contribution < -0.4 is 5.73 Å². The summed E-state index contributed by atoms with van der Waals surface area (Å²) >= 11 is 0. The van der Waals surface area contributed by atoms with Gasteiger partial charge in [-0.25, -0.2) is 16.8 Å². The number of benzene rings is 1. The van der Waals surface area contributed by atoms with E-state index < -0.39 is 19.9 Å². The zero-order valence-corrected chi connectivity index (χ0v) is 13.9. The van der Waals surface area contributed by atoms with Gasteiger partial charge in [0.2, 0.25) is 10.0 Å². The van der Waals surface area contributed by atoms with E-state index in [1.54, 1.807) is 6.92 Å². The zero-order valence-electron chi connectivity index (χ0n) is 11.5. The van der Waals surface area contributed by atoms with E-state index in [4.69, 9.17) is 5.73 Å². The number of hydrogen-bond donors (Lipinski definition) is 1. The molecule has 2 N–H and O–H groups in total. The third-order valence-electron chi connectivity index (χ3n) is 2.87. The van der Waals surface area contributed by atoms with Gasteiger partial charge in [-0.2, -0.15) is 4.31 Å². The van der Waals surface area contributed by atoms with Crippen LogP contribution in [0.5, 0.6) is 0 Å². The molecular formula is C11H19ClN2O4S2. The van der Waals surface area contributed by atoms with E-state index in [1.807, 2.05) is 0 Å². The molecule has 0 heterocycles. The molecule has 0 fully saturated rings. The van der Waals surface area contributed by atoms with Crippen LogP contribution in [0.15, 0.2) is 34.1 Å². The predicted molar refractivity (Wildman–Crippen MR) is 80.3 cm³/mol. The molecule has 1 rings (SSSR count). The first-order valence-corrected chi connectivity index (χ1v) is 8.92. The molecule has 0 radical (unpaired) electrons. The molecular weight excluding hydrogens is 324 g/mol. The maximum atomic E-state index is 12.3. The van der Waals surface area contributed by atoms with Crippen molar-refractivity contribution in [2.24, 2.45) is 5.73 Å². The Morgan fingerprint density at radius 1 is 1.20 bits per heavy atom. The lowest BCUT2D eigenvalue weighted by Crippen LogP contribution is -2.39. The van der Waals surface area contributed by atoms with Crippen molar-refractivity contribution in [3.05, 3.63) is 24.3 Å². The lowest BCUT2D eigenvalue weighted by molar-refractivity contribution is 0.394. The molecule has 0 spiro atoms. The Morgan fingerprint density at radius 3 is 2.15 bits per heavy atom. The quantitative estimate of drug-likeness (QED) is 0.839. The van der Waals surface area contributed by atoms with E-state index in [0.717, 1.165) is 16.6 Å². The predicted octanol–water partition coefficient (Wildman–Crippen LogP) is 0.480. The second kappa shape index (κ2) is 6.86. The highest BCUT2D eigenvalue weighted by Gasteiger charge is 2.25. The van der Waals surface area contributed by atoms with Gasteiger partial charge in [-0.1, -0.05) is 6.07 Å². The summed E-state index contributed by atoms with van der Waals surface area (Å²) in [5.74, 6) is 0. The molecule has 1 unspecified atom stereocenters. The monoisotopic (exact) mass is 342 g/mol. The Hall–Kier alpha value is -0.670. The summed E-state index contributed by atoms with van der Waals surface area (Å²) in [6.07, 6.45) is 1.03. The van der Waals surface area contributed by atoms with Gasteiger partial charge in [0.05, 0.1) is 9.79 Å². The standard InChI is InChI=1S/C11H18N2O4S2.ClH/c1-9(8-12)13(2)19(16,17)11-6-4-5-10(7-11)18(3,14)15;/h4-7,9H,8,12H2,1-3H3;1H. The van der Waals surface area contributed by atoms with E-state index in [2.05, 4.69) is 0 Å². The van der Waals surface area contributed by atoms with Crippen LogP contribution in [-0.2, 0) is 19.9 Å². The first-order chi connectivity index (χ1) is 8.60. The average molecular weight is 343 g/mol. The first kappa shape index (κ1) is 19.3. The number of hydrogen-bond acceptors (Lipinski definition) is 5. The van der Waals surface area contributed by atoms with Crippen molar-refractivity contribution in [1.29, 1.82) is 0 Å². The maximum Gasteiger partial charge on any atom is 0.243 e. The molecule has 1 aromatic carbocycles. The molecule has 0 aliphatic heterocycles. The van der Waals surface area contributed by atoms with Crippen molar-refractivity contribution in [2.45, 2.75) is 22.8 Å². The largest absolute Gasteiger partial charge is 0.329 e. The lowest BCUT2D eigenvalue weighted by atomic mass is 10.4. The number of nitrogens with two attached hydrogens (primary N) is 1. The van der Waals surface area contributed by atoms with Gasteiger partial charge in [0.1, 0.15) is 0 Å². The smallest absolute Gasteiger partial charge is 0.243 e. The third kappa shape index (κ3) is 4.16. The van der Waals surface area contributed by atoms with E-state index in [-0.39, 0.29) is 34.8 Å². The van der Waals surface area contributed by atoms with Gasteiger partial charge in [0.25, 0.3) is 0 Å². The van der Waals surface area contributed by atoms with Crippen LogP contribution in [0, 0.1) is 0 Å². The summed E-state index contributed by atoms with van der Waals surface area (Å²) in [6, 6.07) is 4.92. The third-order valence-corrected chi connectivity index (χ3v) is 5.95.